The molecule has 0 aliphatic heterocycles. The number of ether oxygens (including phenoxy) is 1. The molecule has 16 heavy (non-hydrogen) atoms. The molecule has 90 valence electrons. The Bertz CT molecular complexity index is 280. The van der Waals surface area contributed by atoms with Crippen molar-refractivity contribution in [2.45, 2.75) is 33.4 Å². The van der Waals surface area contributed by atoms with Gasteiger partial charge in [-0.3, -0.25) is 4.79 Å². The molecule has 0 atom stereocenters. The Labute approximate surface area is 97.8 Å². The van der Waals surface area contributed by atoms with Crippen LogP contribution in [0, 0.1) is 6.92 Å². The molecule has 0 spiro atoms. The van der Waals surface area contributed by atoms with E-state index in [0.717, 1.165) is 6.54 Å². The molecule has 3 nitrogen and oxygen atoms in total. The van der Waals surface area contributed by atoms with Gasteiger partial charge in [0, 0.05) is 6.54 Å². The van der Waals surface area contributed by atoms with Gasteiger partial charge in [-0.05, 0) is 33.4 Å². The Morgan fingerprint density at radius 1 is 1.31 bits per heavy atom. The first kappa shape index (κ1) is 14.6. The van der Waals surface area contributed by atoms with Crippen LogP contribution in [0.25, 0.3) is 0 Å². The summed E-state index contributed by atoms with van der Waals surface area (Å²) in [6, 6.07) is 8.55. The SMILES string of the molecule is CC(C)OC=O.CNCc1ccc(C)cc1. The lowest BCUT2D eigenvalue weighted by Crippen LogP contribution is -2.04. The van der Waals surface area contributed by atoms with E-state index in [4.69, 9.17) is 0 Å². The molecule has 1 aromatic rings. The van der Waals surface area contributed by atoms with Crippen LogP contribution in [0.15, 0.2) is 24.3 Å². The number of benzene rings is 1. The van der Waals surface area contributed by atoms with Gasteiger partial charge in [0.15, 0.2) is 0 Å². The third-order valence-corrected chi connectivity index (χ3v) is 1.83. The van der Waals surface area contributed by atoms with E-state index < -0.39 is 0 Å². The van der Waals surface area contributed by atoms with E-state index in [2.05, 4.69) is 41.2 Å². The van der Waals surface area contributed by atoms with Gasteiger partial charge >= 0.3 is 0 Å². The third-order valence-electron chi connectivity index (χ3n) is 1.83. The van der Waals surface area contributed by atoms with E-state index in [9.17, 15) is 4.79 Å². The zero-order valence-electron chi connectivity index (χ0n) is 10.5. The maximum atomic E-state index is 9.39. The van der Waals surface area contributed by atoms with Gasteiger partial charge in [0.05, 0.1) is 6.10 Å². The standard InChI is InChI=1S/C9H13N.C4H8O2/c1-8-3-5-9(6-4-8)7-10-2;1-4(2)6-3-5/h3-6,10H,7H2,1-2H3;3-4H,1-2H3. The first-order valence-electron chi connectivity index (χ1n) is 5.39. The molecule has 1 rings (SSSR count). The predicted molar refractivity (Wildman–Crippen MR) is 66.2 cm³/mol. The van der Waals surface area contributed by atoms with Crippen LogP contribution >= 0.6 is 0 Å². The molecule has 0 saturated heterocycles. The van der Waals surface area contributed by atoms with Crippen molar-refractivity contribution < 1.29 is 9.53 Å². The van der Waals surface area contributed by atoms with Gasteiger partial charge in [-0.25, -0.2) is 0 Å². The van der Waals surface area contributed by atoms with Gasteiger partial charge in [-0.1, -0.05) is 29.8 Å². The molecule has 0 heterocycles. The monoisotopic (exact) mass is 223 g/mol. The zero-order valence-corrected chi connectivity index (χ0v) is 10.5. The topological polar surface area (TPSA) is 38.3 Å². The minimum absolute atomic E-state index is 0.0301. The van der Waals surface area contributed by atoms with E-state index in [-0.39, 0.29) is 6.10 Å². The van der Waals surface area contributed by atoms with E-state index in [1.807, 2.05) is 7.05 Å². The number of nitrogens with one attached hydrogen (secondary N) is 1. The van der Waals surface area contributed by atoms with Gasteiger partial charge in [-0.15, -0.1) is 0 Å². The molecule has 0 bridgehead atoms. The molecule has 0 saturated carbocycles. The second-order valence-electron chi connectivity index (χ2n) is 3.80. The average Bonchev–Trinajstić information content (AvgIpc) is 2.22. The van der Waals surface area contributed by atoms with Crippen LogP contribution in [0.2, 0.25) is 0 Å². The first-order chi connectivity index (χ1) is 7.60. The van der Waals surface area contributed by atoms with E-state index in [0.29, 0.717) is 6.47 Å². The lowest BCUT2D eigenvalue weighted by Gasteiger charge is -1.98. The predicted octanol–water partition coefficient (Wildman–Crippen LogP) is 2.28. The zero-order chi connectivity index (χ0) is 12.4. The molecule has 1 N–H and O–H groups in total. The molecule has 0 fully saturated rings. The van der Waals surface area contributed by atoms with E-state index >= 15 is 0 Å². The summed E-state index contributed by atoms with van der Waals surface area (Å²) in [5, 5.41) is 3.10. The Hall–Kier alpha value is -1.35. The molecule has 1 aromatic carbocycles. The maximum absolute atomic E-state index is 9.39. The number of carbonyl (C=O) groups excluding carboxylic acids is 1. The summed E-state index contributed by atoms with van der Waals surface area (Å²) < 4.78 is 4.36. The third kappa shape index (κ3) is 8.00. The fraction of sp³-hybridized carbons (Fsp3) is 0.462. The summed E-state index contributed by atoms with van der Waals surface area (Å²) >= 11 is 0. The second-order valence-corrected chi connectivity index (χ2v) is 3.80. The highest BCUT2D eigenvalue weighted by Gasteiger charge is 1.87. The lowest BCUT2D eigenvalue weighted by atomic mass is 10.1. The smallest absolute Gasteiger partial charge is 0.293 e. The average molecular weight is 223 g/mol. The fourth-order valence-electron chi connectivity index (χ4n) is 1.02. The van der Waals surface area contributed by atoms with Crippen LogP contribution in [0.4, 0.5) is 0 Å². The molecular weight excluding hydrogens is 202 g/mol. The van der Waals surface area contributed by atoms with Gasteiger partial charge in [0.2, 0.25) is 0 Å². The van der Waals surface area contributed by atoms with Crippen molar-refractivity contribution in [1.29, 1.82) is 0 Å². The van der Waals surface area contributed by atoms with Crippen molar-refractivity contribution in [3.63, 3.8) is 0 Å². The minimum Gasteiger partial charge on any atom is -0.465 e. The van der Waals surface area contributed by atoms with Gasteiger partial charge in [-0.2, -0.15) is 0 Å². The largest absolute Gasteiger partial charge is 0.465 e. The van der Waals surface area contributed by atoms with E-state index in [1.165, 1.54) is 11.1 Å². The molecule has 0 unspecified atom stereocenters. The molecule has 3 heteroatoms. The lowest BCUT2D eigenvalue weighted by molar-refractivity contribution is -0.131. The summed E-state index contributed by atoms with van der Waals surface area (Å²) in [6.07, 6.45) is 0.0301. The quantitative estimate of drug-likeness (QED) is 0.796. The van der Waals surface area contributed by atoms with Crippen molar-refractivity contribution >= 4 is 6.47 Å². The van der Waals surface area contributed by atoms with Crippen LogP contribution in [0.1, 0.15) is 25.0 Å². The molecule has 0 amide bonds. The summed E-state index contributed by atoms with van der Waals surface area (Å²) in [5.74, 6) is 0. The van der Waals surface area contributed by atoms with Crippen molar-refractivity contribution in [3.05, 3.63) is 35.4 Å². The van der Waals surface area contributed by atoms with Crippen molar-refractivity contribution in [3.8, 4) is 0 Å². The first-order valence-corrected chi connectivity index (χ1v) is 5.39. The number of hydrogen-bond acceptors (Lipinski definition) is 3. The molecule has 0 aromatic heterocycles. The molecule has 0 aliphatic carbocycles. The Balaban J connectivity index is 0.000000325. The second kappa shape index (κ2) is 8.92. The number of aryl methyl sites for hydroxylation is 1. The summed E-state index contributed by atoms with van der Waals surface area (Å²) in [6.45, 7) is 7.11. The van der Waals surface area contributed by atoms with Gasteiger partial charge in [0.25, 0.3) is 6.47 Å². The normalized spacial score (nSPS) is 9.31. The fourth-order valence-corrected chi connectivity index (χ4v) is 1.02. The highest BCUT2D eigenvalue weighted by Crippen LogP contribution is 2.01. The van der Waals surface area contributed by atoms with E-state index in [1.54, 1.807) is 13.8 Å². The van der Waals surface area contributed by atoms with Crippen molar-refractivity contribution in [2.24, 2.45) is 0 Å². The maximum Gasteiger partial charge on any atom is 0.293 e. The van der Waals surface area contributed by atoms with Gasteiger partial charge < -0.3 is 10.1 Å². The Kier molecular flexibility index (Phi) is 8.17. The molecular formula is C13H21NO2. The highest BCUT2D eigenvalue weighted by molar-refractivity contribution is 5.37. The van der Waals surface area contributed by atoms with Crippen LogP contribution in [0.5, 0.6) is 0 Å². The minimum atomic E-state index is 0.0301. The Morgan fingerprint density at radius 2 is 1.88 bits per heavy atom. The number of rotatable bonds is 4. The van der Waals surface area contributed by atoms with Crippen LogP contribution < -0.4 is 5.32 Å². The van der Waals surface area contributed by atoms with Gasteiger partial charge in [0.1, 0.15) is 0 Å². The number of hydrogen-bond donors (Lipinski definition) is 1. The van der Waals surface area contributed by atoms with Crippen LogP contribution in [0.3, 0.4) is 0 Å². The Morgan fingerprint density at radius 3 is 2.19 bits per heavy atom. The van der Waals surface area contributed by atoms with Crippen LogP contribution in [-0.2, 0) is 16.1 Å². The van der Waals surface area contributed by atoms with Crippen molar-refractivity contribution in [2.75, 3.05) is 7.05 Å². The summed E-state index contributed by atoms with van der Waals surface area (Å²) in [5.41, 5.74) is 2.66. The van der Waals surface area contributed by atoms with Crippen LogP contribution in [-0.4, -0.2) is 19.6 Å². The molecule has 0 aliphatic rings. The summed E-state index contributed by atoms with van der Waals surface area (Å²) in [4.78, 5) is 9.39. The summed E-state index contributed by atoms with van der Waals surface area (Å²) in [7, 11) is 1.96. The highest BCUT2D eigenvalue weighted by atomic mass is 16.5. The van der Waals surface area contributed by atoms with Crippen molar-refractivity contribution in [1.82, 2.24) is 5.32 Å². The molecule has 0 radical (unpaired) electrons. The number of carbonyl (C=O) groups is 1.